The summed E-state index contributed by atoms with van der Waals surface area (Å²) < 4.78 is 7.00. The first-order valence-electron chi connectivity index (χ1n) is 7.23. The minimum Gasteiger partial charge on any atom is -0.405 e. The molecule has 1 saturated heterocycles. The number of halogens is 1. The zero-order valence-electron chi connectivity index (χ0n) is 13.3. The van der Waals surface area contributed by atoms with Crippen molar-refractivity contribution in [2.75, 3.05) is 11.4 Å². The first-order chi connectivity index (χ1) is 9.62. The number of hydrogen-bond donors (Lipinski definition) is 0. The van der Waals surface area contributed by atoms with Gasteiger partial charge < -0.3 is 4.43 Å². The molecule has 0 saturated carbocycles. The Morgan fingerprint density at radius 1 is 1.38 bits per heavy atom. The molecule has 0 radical (unpaired) electrons. The maximum absolute atomic E-state index is 12.6. The van der Waals surface area contributed by atoms with Crippen molar-refractivity contribution < 1.29 is 9.22 Å². The fraction of sp³-hybridized carbons (Fsp3) is 0.600. The zero-order valence-corrected chi connectivity index (χ0v) is 15.9. The topological polar surface area (TPSA) is 42.4 Å². The van der Waals surface area contributed by atoms with Crippen molar-refractivity contribution in [2.45, 2.75) is 51.4 Å². The van der Waals surface area contributed by atoms with E-state index >= 15 is 0 Å². The van der Waals surface area contributed by atoms with Crippen LogP contribution in [0.3, 0.4) is 0 Å². The third kappa shape index (κ3) is 3.55. The Labute approximate surface area is 136 Å². The molecule has 0 unspecified atom stereocenters. The van der Waals surface area contributed by atoms with Crippen LogP contribution in [0.4, 0.5) is 5.82 Å². The van der Waals surface area contributed by atoms with Gasteiger partial charge in [-0.3, -0.25) is 9.69 Å². The van der Waals surface area contributed by atoms with Crippen molar-refractivity contribution >= 4 is 36.0 Å². The summed E-state index contributed by atoms with van der Waals surface area (Å²) in [5.74, 6) is 0.723. The Kier molecular flexibility index (Phi) is 4.61. The third-order valence-electron chi connectivity index (χ3n) is 4.38. The molecule has 116 valence electrons. The van der Waals surface area contributed by atoms with E-state index in [-0.39, 0.29) is 17.0 Å². The number of carbonyl (C=O) groups excluding carboxylic acids is 1. The van der Waals surface area contributed by atoms with Crippen LogP contribution in [0.25, 0.3) is 0 Å². The molecule has 21 heavy (non-hydrogen) atoms. The van der Waals surface area contributed by atoms with E-state index in [2.05, 4.69) is 54.8 Å². The maximum Gasteiger partial charge on any atom is 0.256 e. The van der Waals surface area contributed by atoms with E-state index in [0.717, 1.165) is 11.0 Å². The lowest BCUT2D eigenvalue weighted by molar-refractivity contribution is -0.123. The molecular formula is C15H23BrN2O2Si. The summed E-state index contributed by atoms with van der Waals surface area (Å²) in [5, 5.41) is 0.106. The van der Waals surface area contributed by atoms with E-state index < -0.39 is 8.32 Å². The Bertz CT molecular complexity index is 543. The lowest BCUT2D eigenvalue weighted by Crippen LogP contribution is -2.46. The van der Waals surface area contributed by atoms with Gasteiger partial charge in [0.1, 0.15) is 16.5 Å². The summed E-state index contributed by atoms with van der Waals surface area (Å²) >= 11 is 3.35. The van der Waals surface area contributed by atoms with Gasteiger partial charge in [0.05, 0.1) is 0 Å². The van der Waals surface area contributed by atoms with Gasteiger partial charge in [-0.05, 0) is 52.6 Å². The quantitative estimate of drug-likeness (QED) is 0.596. The van der Waals surface area contributed by atoms with Crippen LogP contribution in [-0.2, 0) is 9.22 Å². The summed E-state index contributed by atoms with van der Waals surface area (Å²) in [6.45, 7) is 11.6. The van der Waals surface area contributed by atoms with Gasteiger partial charge in [-0.2, -0.15) is 0 Å². The van der Waals surface area contributed by atoms with E-state index in [4.69, 9.17) is 4.43 Å². The molecule has 1 atom stereocenters. The van der Waals surface area contributed by atoms with Gasteiger partial charge >= 0.3 is 0 Å². The van der Waals surface area contributed by atoms with Crippen molar-refractivity contribution in [1.82, 2.24) is 4.98 Å². The Morgan fingerprint density at radius 2 is 2.05 bits per heavy atom. The maximum atomic E-state index is 12.6. The van der Waals surface area contributed by atoms with Crippen molar-refractivity contribution in [3.63, 3.8) is 0 Å². The SMILES string of the molecule is CC(C)(C)[Si](C)(C)O[C@@H]1CCN(c2cccc(Br)n2)C1=O. The average Bonchev–Trinajstić information content (AvgIpc) is 2.69. The average molecular weight is 371 g/mol. The summed E-state index contributed by atoms with van der Waals surface area (Å²) in [6.07, 6.45) is 0.408. The van der Waals surface area contributed by atoms with E-state index in [1.165, 1.54) is 0 Å². The van der Waals surface area contributed by atoms with Gasteiger partial charge in [0, 0.05) is 6.54 Å². The van der Waals surface area contributed by atoms with Gasteiger partial charge in [0.25, 0.3) is 5.91 Å². The van der Waals surface area contributed by atoms with Crippen molar-refractivity contribution in [3.05, 3.63) is 22.8 Å². The molecular weight excluding hydrogens is 348 g/mol. The summed E-state index contributed by atoms with van der Waals surface area (Å²) in [7, 11) is -1.93. The van der Waals surface area contributed by atoms with E-state index in [9.17, 15) is 4.79 Å². The van der Waals surface area contributed by atoms with Crippen LogP contribution in [0, 0.1) is 0 Å². The first kappa shape index (κ1) is 16.6. The van der Waals surface area contributed by atoms with E-state index in [1.54, 1.807) is 4.90 Å². The summed E-state index contributed by atoms with van der Waals surface area (Å²) in [4.78, 5) is 18.7. The lowest BCUT2D eigenvalue weighted by Gasteiger charge is -2.37. The number of anilines is 1. The van der Waals surface area contributed by atoms with Crippen molar-refractivity contribution in [1.29, 1.82) is 0 Å². The van der Waals surface area contributed by atoms with Crippen LogP contribution in [-0.4, -0.2) is 31.9 Å². The van der Waals surface area contributed by atoms with Crippen LogP contribution < -0.4 is 4.90 Å². The standard InChI is InChI=1S/C15H23BrN2O2Si/c1-15(2,3)21(4,5)20-11-9-10-18(14(11)19)13-8-6-7-12(16)17-13/h6-8,11H,9-10H2,1-5H3/t11-/m1/s1. The highest BCUT2D eigenvalue weighted by atomic mass is 79.9. The molecule has 0 aromatic carbocycles. The molecule has 1 fully saturated rings. The number of amides is 1. The largest absolute Gasteiger partial charge is 0.405 e. The van der Waals surface area contributed by atoms with Gasteiger partial charge in [0.2, 0.25) is 0 Å². The molecule has 1 aromatic heterocycles. The number of carbonyl (C=O) groups is 1. The second kappa shape index (κ2) is 5.82. The number of pyridine rings is 1. The van der Waals surface area contributed by atoms with Crippen molar-refractivity contribution in [3.8, 4) is 0 Å². The summed E-state index contributed by atoms with van der Waals surface area (Å²) in [6, 6.07) is 5.60. The molecule has 0 aliphatic carbocycles. The summed E-state index contributed by atoms with van der Waals surface area (Å²) in [5.41, 5.74) is 0. The monoisotopic (exact) mass is 370 g/mol. The van der Waals surface area contributed by atoms with Crippen LogP contribution in [0.1, 0.15) is 27.2 Å². The van der Waals surface area contributed by atoms with Crippen LogP contribution in [0.15, 0.2) is 22.8 Å². The van der Waals surface area contributed by atoms with Gasteiger partial charge in [0.15, 0.2) is 8.32 Å². The van der Waals surface area contributed by atoms with Gasteiger partial charge in [-0.25, -0.2) is 4.98 Å². The molecule has 1 aliphatic heterocycles. The minimum atomic E-state index is -1.93. The lowest BCUT2D eigenvalue weighted by atomic mass is 10.2. The molecule has 1 amide bonds. The van der Waals surface area contributed by atoms with Crippen LogP contribution in [0.5, 0.6) is 0 Å². The molecule has 0 spiro atoms. The molecule has 2 rings (SSSR count). The van der Waals surface area contributed by atoms with Crippen LogP contribution >= 0.6 is 15.9 Å². The molecule has 6 heteroatoms. The Balaban J connectivity index is 2.12. The highest BCUT2D eigenvalue weighted by molar-refractivity contribution is 9.10. The smallest absolute Gasteiger partial charge is 0.256 e. The number of nitrogens with zero attached hydrogens (tertiary/aromatic N) is 2. The molecule has 1 aliphatic rings. The van der Waals surface area contributed by atoms with Gasteiger partial charge in [-0.15, -0.1) is 0 Å². The molecule has 0 N–H and O–H groups in total. The highest BCUT2D eigenvalue weighted by Crippen LogP contribution is 2.38. The Morgan fingerprint density at radius 3 is 2.62 bits per heavy atom. The molecule has 1 aromatic rings. The second-order valence-corrected chi connectivity index (χ2v) is 12.5. The van der Waals surface area contributed by atoms with Crippen molar-refractivity contribution in [2.24, 2.45) is 0 Å². The fourth-order valence-electron chi connectivity index (χ4n) is 2.07. The van der Waals surface area contributed by atoms with E-state index in [1.807, 2.05) is 18.2 Å². The molecule has 0 bridgehead atoms. The Hall–Kier alpha value is -0.723. The fourth-order valence-corrected chi connectivity index (χ4v) is 3.69. The van der Waals surface area contributed by atoms with E-state index in [0.29, 0.717) is 12.4 Å². The molecule has 2 heterocycles. The molecule has 4 nitrogen and oxygen atoms in total. The minimum absolute atomic E-state index is 0.0328. The predicted octanol–water partition coefficient (Wildman–Crippen LogP) is 3.97. The number of rotatable bonds is 3. The third-order valence-corrected chi connectivity index (χ3v) is 9.30. The van der Waals surface area contributed by atoms with Gasteiger partial charge in [-0.1, -0.05) is 26.8 Å². The number of aromatic nitrogens is 1. The number of hydrogen-bond acceptors (Lipinski definition) is 3. The highest BCUT2D eigenvalue weighted by Gasteiger charge is 2.43. The second-order valence-electron chi connectivity index (χ2n) is 6.96. The van der Waals surface area contributed by atoms with Crippen LogP contribution in [0.2, 0.25) is 18.1 Å². The first-order valence-corrected chi connectivity index (χ1v) is 10.9. The zero-order chi connectivity index (χ0) is 15.8. The normalized spacial score (nSPS) is 20.2. The predicted molar refractivity (Wildman–Crippen MR) is 91.0 cm³/mol.